The number of nitrogens with one attached hydrogen (secondary N) is 1. The van der Waals surface area contributed by atoms with Crippen molar-refractivity contribution in [3.8, 4) is 6.07 Å². The summed E-state index contributed by atoms with van der Waals surface area (Å²) in [5.74, 6) is -1.11. The van der Waals surface area contributed by atoms with E-state index >= 15 is 0 Å². The van der Waals surface area contributed by atoms with Gasteiger partial charge in [0.25, 0.3) is 0 Å². The molecule has 1 rings (SSSR count). The van der Waals surface area contributed by atoms with Crippen molar-refractivity contribution in [2.24, 2.45) is 0 Å². The number of rotatable bonds is 3. The molecular weight excluding hydrogens is 270 g/mol. The van der Waals surface area contributed by atoms with Gasteiger partial charge in [0.1, 0.15) is 6.04 Å². The Morgan fingerprint density at radius 2 is 2.16 bits per heavy atom. The molecule has 6 nitrogen and oxygen atoms in total. The topological polar surface area (TPSA) is 93.4 Å². The third kappa shape index (κ3) is 3.60. The number of amides is 2. The zero-order chi connectivity index (χ0) is 14.6. The summed E-state index contributed by atoms with van der Waals surface area (Å²) in [6.07, 6.45) is 0. The maximum Gasteiger partial charge on any atom is 0.326 e. The van der Waals surface area contributed by atoms with Crippen molar-refractivity contribution in [1.82, 2.24) is 4.90 Å². The van der Waals surface area contributed by atoms with E-state index in [-0.39, 0.29) is 5.02 Å². The van der Waals surface area contributed by atoms with Crippen LogP contribution in [0.3, 0.4) is 0 Å². The Kier molecular flexibility index (Phi) is 4.73. The molecule has 0 radical (unpaired) electrons. The van der Waals surface area contributed by atoms with Crippen molar-refractivity contribution in [1.29, 1.82) is 5.26 Å². The molecule has 1 unspecified atom stereocenters. The molecule has 2 amide bonds. The largest absolute Gasteiger partial charge is 0.480 e. The lowest BCUT2D eigenvalue weighted by atomic mass is 10.2. The highest BCUT2D eigenvalue weighted by molar-refractivity contribution is 6.33. The van der Waals surface area contributed by atoms with Gasteiger partial charge in [0.2, 0.25) is 0 Å². The highest BCUT2D eigenvalue weighted by Crippen LogP contribution is 2.23. The monoisotopic (exact) mass is 281 g/mol. The lowest BCUT2D eigenvalue weighted by molar-refractivity contribution is -0.141. The van der Waals surface area contributed by atoms with Gasteiger partial charge < -0.3 is 15.3 Å². The number of hydrogen-bond acceptors (Lipinski definition) is 3. The van der Waals surface area contributed by atoms with Gasteiger partial charge in [0.05, 0.1) is 22.3 Å². The summed E-state index contributed by atoms with van der Waals surface area (Å²) in [7, 11) is 1.37. The molecule has 100 valence electrons. The minimum atomic E-state index is -1.11. The van der Waals surface area contributed by atoms with E-state index in [0.29, 0.717) is 11.3 Å². The van der Waals surface area contributed by atoms with Crippen molar-refractivity contribution < 1.29 is 14.7 Å². The summed E-state index contributed by atoms with van der Waals surface area (Å²) < 4.78 is 0. The van der Waals surface area contributed by atoms with Crippen LogP contribution < -0.4 is 5.32 Å². The van der Waals surface area contributed by atoms with E-state index in [1.807, 2.05) is 6.07 Å². The molecule has 0 aromatic heterocycles. The number of carbonyl (C=O) groups is 2. The van der Waals surface area contributed by atoms with Gasteiger partial charge in [-0.2, -0.15) is 5.26 Å². The lowest BCUT2D eigenvalue weighted by Gasteiger charge is -2.22. The summed E-state index contributed by atoms with van der Waals surface area (Å²) >= 11 is 5.90. The van der Waals surface area contributed by atoms with Gasteiger partial charge in [-0.1, -0.05) is 11.6 Å². The molecule has 0 saturated heterocycles. The Balaban J connectivity index is 2.83. The zero-order valence-corrected chi connectivity index (χ0v) is 11.1. The molecule has 1 atom stereocenters. The molecule has 0 aliphatic rings. The van der Waals surface area contributed by atoms with Gasteiger partial charge in [-0.25, -0.2) is 9.59 Å². The predicted octanol–water partition coefficient (Wildman–Crippen LogP) is 2.15. The Hall–Kier alpha value is -2.26. The van der Waals surface area contributed by atoms with Crippen molar-refractivity contribution in [3.05, 3.63) is 28.8 Å². The van der Waals surface area contributed by atoms with E-state index in [4.69, 9.17) is 22.0 Å². The molecule has 0 spiro atoms. The van der Waals surface area contributed by atoms with E-state index < -0.39 is 18.0 Å². The summed E-state index contributed by atoms with van der Waals surface area (Å²) in [4.78, 5) is 23.6. The second-order valence-electron chi connectivity index (χ2n) is 3.86. The number of nitrogens with zero attached hydrogens (tertiary/aromatic N) is 2. The second kappa shape index (κ2) is 6.07. The highest BCUT2D eigenvalue weighted by atomic mass is 35.5. The van der Waals surface area contributed by atoms with Crippen LogP contribution in [0.25, 0.3) is 0 Å². The number of hydrogen-bond donors (Lipinski definition) is 2. The molecular formula is C12H12ClN3O3. The van der Waals surface area contributed by atoms with E-state index in [1.165, 1.54) is 32.2 Å². The number of carbonyl (C=O) groups excluding carboxylic acids is 1. The average molecular weight is 282 g/mol. The molecule has 0 saturated carbocycles. The fourth-order valence-electron chi connectivity index (χ4n) is 1.23. The van der Waals surface area contributed by atoms with Crippen LogP contribution in [-0.4, -0.2) is 35.1 Å². The van der Waals surface area contributed by atoms with Crippen LogP contribution in [0.1, 0.15) is 12.5 Å². The fraction of sp³-hybridized carbons (Fsp3) is 0.250. The van der Waals surface area contributed by atoms with Crippen molar-refractivity contribution in [2.45, 2.75) is 13.0 Å². The average Bonchev–Trinajstić information content (AvgIpc) is 2.38. The number of likely N-dealkylation sites (N-methyl/N-ethyl adjacent to an activating group) is 1. The molecule has 0 aliphatic carbocycles. The summed E-state index contributed by atoms with van der Waals surface area (Å²) in [6, 6.07) is 4.76. The third-order valence-corrected chi connectivity index (χ3v) is 2.91. The van der Waals surface area contributed by atoms with Crippen LogP contribution in [0.15, 0.2) is 18.2 Å². The predicted molar refractivity (Wildman–Crippen MR) is 70.0 cm³/mol. The third-order valence-electron chi connectivity index (χ3n) is 2.60. The Morgan fingerprint density at radius 3 is 2.63 bits per heavy atom. The molecule has 0 aliphatic heterocycles. The maximum absolute atomic E-state index is 11.8. The fourth-order valence-corrected chi connectivity index (χ4v) is 1.46. The number of urea groups is 1. The molecule has 1 aromatic rings. The van der Waals surface area contributed by atoms with Crippen molar-refractivity contribution in [2.75, 3.05) is 12.4 Å². The molecule has 0 fully saturated rings. The Morgan fingerprint density at radius 1 is 1.53 bits per heavy atom. The second-order valence-corrected chi connectivity index (χ2v) is 4.27. The van der Waals surface area contributed by atoms with Gasteiger partial charge in [0, 0.05) is 7.05 Å². The minimum Gasteiger partial charge on any atom is -0.480 e. The number of benzene rings is 1. The smallest absolute Gasteiger partial charge is 0.326 e. The van der Waals surface area contributed by atoms with Crippen LogP contribution in [0, 0.1) is 11.3 Å². The number of carboxylic acid groups (broad SMARTS) is 1. The van der Waals surface area contributed by atoms with E-state index in [1.54, 1.807) is 0 Å². The van der Waals surface area contributed by atoms with E-state index in [0.717, 1.165) is 4.90 Å². The zero-order valence-electron chi connectivity index (χ0n) is 10.3. The first kappa shape index (κ1) is 14.8. The van der Waals surface area contributed by atoms with Crippen LogP contribution >= 0.6 is 11.6 Å². The van der Waals surface area contributed by atoms with E-state index in [2.05, 4.69) is 5.32 Å². The van der Waals surface area contributed by atoms with Gasteiger partial charge in [-0.15, -0.1) is 0 Å². The van der Waals surface area contributed by atoms with Crippen molar-refractivity contribution in [3.63, 3.8) is 0 Å². The van der Waals surface area contributed by atoms with Crippen LogP contribution in [-0.2, 0) is 4.79 Å². The molecule has 19 heavy (non-hydrogen) atoms. The lowest BCUT2D eigenvalue weighted by Crippen LogP contribution is -2.42. The maximum atomic E-state index is 11.8. The van der Waals surface area contributed by atoms with Gasteiger partial charge in [0.15, 0.2) is 0 Å². The molecule has 7 heteroatoms. The molecule has 2 N–H and O–H groups in total. The van der Waals surface area contributed by atoms with Crippen LogP contribution in [0.5, 0.6) is 0 Å². The first-order valence-electron chi connectivity index (χ1n) is 5.33. The van der Waals surface area contributed by atoms with Gasteiger partial charge in [-0.3, -0.25) is 0 Å². The summed E-state index contributed by atoms with van der Waals surface area (Å²) in [5, 5.41) is 20.2. The normalized spacial score (nSPS) is 11.3. The molecule has 0 bridgehead atoms. The minimum absolute atomic E-state index is 0.212. The van der Waals surface area contributed by atoms with Gasteiger partial charge >= 0.3 is 12.0 Å². The standard InChI is InChI=1S/C12H12ClN3O3/c1-7(11(17)18)16(2)12(19)15-10-4-3-8(6-14)5-9(10)13/h3-5,7H,1-2H3,(H,15,19)(H,17,18). The summed E-state index contributed by atoms with van der Waals surface area (Å²) in [5.41, 5.74) is 0.686. The first-order chi connectivity index (χ1) is 8.86. The number of halogens is 1. The van der Waals surface area contributed by atoms with Crippen LogP contribution in [0.2, 0.25) is 5.02 Å². The quantitative estimate of drug-likeness (QED) is 0.887. The molecule has 1 aromatic carbocycles. The number of nitriles is 1. The Bertz CT molecular complexity index is 554. The van der Waals surface area contributed by atoms with Crippen LogP contribution in [0.4, 0.5) is 10.5 Å². The Labute approximate surface area is 115 Å². The SMILES string of the molecule is CC(C(=O)O)N(C)C(=O)Nc1ccc(C#N)cc1Cl. The first-order valence-corrected chi connectivity index (χ1v) is 5.71. The molecule has 0 heterocycles. The van der Waals surface area contributed by atoms with Crippen molar-refractivity contribution >= 4 is 29.3 Å². The summed E-state index contributed by atoms with van der Waals surface area (Å²) in [6.45, 7) is 1.39. The number of carboxylic acids is 1. The highest BCUT2D eigenvalue weighted by Gasteiger charge is 2.22. The van der Waals surface area contributed by atoms with E-state index in [9.17, 15) is 9.59 Å². The number of anilines is 1. The van der Waals surface area contributed by atoms with Gasteiger partial charge in [-0.05, 0) is 25.1 Å². The number of aliphatic carboxylic acids is 1.